The Morgan fingerprint density at radius 2 is 1.79 bits per heavy atom. The molecule has 3 rings (SSSR count). The summed E-state index contributed by atoms with van der Waals surface area (Å²) in [7, 11) is 0. The molecule has 0 aliphatic carbocycles. The summed E-state index contributed by atoms with van der Waals surface area (Å²) in [6.07, 6.45) is 4.64. The normalized spacial score (nSPS) is 18.5. The number of likely N-dealkylation sites (tertiary alicyclic amines) is 1. The number of benzene rings is 2. The van der Waals surface area contributed by atoms with Crippen molar-refractivity contribution in [1.82, 2.24) is 4.90 Å². The van der Waals surface area contributed by atoms with Crippen LogP contribution >= 0.6 is 0 Å². The van der Waals surface area contributed by atoms with E-state index < -0.39 is 0 Å². The van der Waals surface area contributed by atoms with Gasteiger partial charge in [-0.2, -0.15) is 0 Å². The third kappa shape index (κ3) is 4.71. The molecule has 0 spiro atoms. The maximum absolute atomic E-state index is 12.9. The lowest BCUT2D eigenvalue weighted by Crippen LogP contribution is -2.39. The van der Waals surface area contributed by atoms with Crippen molar-refractivity contribution in [3.63, 3.8) is 0 Å². The third-order valence-electron chi connectivity index (χ3n) is 4.60. The van der Waals surface area contributed by atoms with Crippen LogP contribution in [0.3, 0.4) is 0 Å². The van der Waals surface area contributed by atoms with Crippen molar-refractivity contribution in [3.05, 3.63) is 59.9 Å². The molecule has 1 fully saturated rings. The van der Waals surface area contributed by atoms with Gasteiger partial charge in [0.15, 0.2) is 0 Å². The van der Waals surface area contributed by atoms with Gasteiger partial charge >= 0.3 is 0 Å². The Balaban J connectivity index is 1.52. The first-order valence-corrected chi connectivity index (χ1v) is 8.61. The highest BCUT2D eigenvalue weighted by Gasteiger charge is 2.22. The van der Waals surface area contributed by atoms with E-state index in [4.69, 9.17) is 4.74 Å². The van der Waals surface area contributed by atoms with Crippen LogP contribution in [0.25, 0.3) is 0 Å². The van der Waals surface area contributed by atoms with E-state index in [0.717, 1.165) is 25.3 Å². The number of ether oxygens (including phenoxy) is 1. The number of halogens is 1. The molecule has 0 saturated carbocycles. The Hall–Kier alpha value is -2.07. The molecule has 1 saturated heterocycles. The molecule has 1 N–H and O–H groups in total. The molecule has 0 aromatic heterocycles. The van der Waals surface area contributed by atoms with Crippen LogP contribution in [0.2, 0.25) is 0 Å². The quantitative estimate of drug-likeness (QED) is 0.855. The van der Waals surface area contributed by atoms with E-state index in [9.17, 15) is 9.50 Å². The molecule has 2 aromatic rings. The number of nitrogens with zero attached hydrogens (tertiary/aromatic N) is 1. The first-order valence-electron chi connectivity index (χ1n) is 8.61. The van der Waals surface area contributed by atoms with E-state index >= 15 is 0 Å². The Labute approximate surface area is 142 Å². The monoisotopic (exact) mass is 329 g/mol. The van der Waals surface area contributed by atoms with Gasteiger partial charge in [0.2, 0.25) is 0 Å². The Bertz CT molecular complexity index is 627. The summed E-state index contributed by atoms with van der Waals surface area (Å²) in [6.45, 7) is 2.64. The van der Waals surface area contributed by atoms with E-state index in [2.05, 4.69) is 4.90 Å². The number of hydrogen-bond acceptors (Lipinski definition) is 3. The standard InChI is InChI=1S/C20H24FNO2/c21-17-6-10-20(11-7-17)24-14-12-18-3-1-2-13-22(18)15-16-4-8-19(23)9-5-16/h4-11,18,23H,1-3,12-15H2. The summed E-state index contributed by atoms with van der Waals surface area (Å²) in [5, 5.41) is 9.40. The van der Waals surface area contributed by atoms with Gasteiger partial charge in [-0.3, -0.25) is 4.90 Å². The fraction of sp³-hybridized carbons (Fsp3) is 0.400. The van der Waals surface area contributed by atoms with E-state index in [-0.39, 0.29) is 5.82 Å². The molecule has 128 valence electrons. The minimum atomic E-state index is -0.241. The molecule has 1 aliphatic rings. The van der Waals surface area contributed by atoms with Crippen molar-refractivity contribution in [2.75, 3.05) is 13.2 Å². The number of phenolic OH excluding ortho intramolecular Hbond substituents is 1. The van der Waals surface area contributed by atoms with Crippen molar-refractivity contribution < 1.29 is 14.2 Å². The second-order valence-electron chi connectivity index (χ2n) is 6.38. The number of hydrogen-bond donors (Lipinski definition) is 1. The van der Waals surface area contributed by atoms with Crippen molar-refractivity contribution in [2.45, 2.75) is 38.3 Å². The van der Waals surface area contributed by atoms with Crippen LogP contribution in [0.1, 0.15) is 31.2 Å². The minimum Gasteiger partial charge on any atom is -0.508 e. The largest absolute Gasteiger partial charge is 0.508 e. The molecule has 1 heterocycles. The molecule has 24 heavy (non-hydrogen) atoms. The Kier molecular flexibility index (Phi) is 5.70. The molecule has 0 amide bonds. The number of rotatable bonds is 6. The van der Waals surface area contributed by atoms with Crippen molar-refractivity contribution in [2.24, 2.45) is 0 Å². The molecular formula is C20H24FNO2. The first kappa shape index (κ1) is 16.8. The summed E-state index contributed by atoms with van der Waals surface area (Å²) in [4.78, 5) is 2.50. The second kappa shape index (κ2) is 8.15. The topological polar surface area (TPSA) is 32.7 Å². The summed E-state index contributed by atoms with van der Waals surface area (Å²) >= 11 is 0. The predicted molar refractivity (Wildman–Crippen MR) is 92.7 cm³/mol. The van der Waals surface area contributed by atoms with E-state index in [1.807, 2.05) is 12.1 Å². The molecule has 0 bridgehead atoms. The maximum Gasteiger partial charge on any atom is 0.123 e. The SMILES string of the molecule is Oc1ccc(CN2CCCCC2CCOc2ccc(F)cc2)cc1. The molecule has 3 nitrogen and oxygen atoms in total. The van der Waals surface area contributed by atoms with Crippen LogP contribution in [0.4, 0.5) is 4.39 Å². The predicted octanol–water partition coefficient (Wildman–Crippen LogP) is 4.35. The van der Waals surface area contributed by atoms with E-state index in [0.29, 0.717) is 18.4 Å². The number of piperidine rings is 1. The molecule has 0 radical (unpaired) electrons. The van der Waals surface area contributed by atoms with Gasteiger partial charge in [0.1, 0.15) is 17.3 Å². The van der Waals surface area contributed by atoms with Crippen molar-refractivity contribution >= 4 is 0 Å². The molecule has 2 aromatic carbocycles. The minimum absolute atomic E-state index is 0.241. The molecule has 1 unspecified atom stereocenters. The summed E-state index contributed by atoms with van der Waals surface area (Å²) < 4.78 is 18.7. The van der Waals surface area contributed by atoms with Crippen LogP contribution in [0, 0.1) is 5.82 Å². The average Bonchev–Trinajstić information content (AvgIpc) is 2.60. The highest BCUT2D eigenvalue weighted by Crippen LogP contribution is 2.23. The second-order valence-corrected chi connectivity index (χ2v) is 6.38. The summed E-state index contributed by atoms with van der Waals surface area (Å²) in [5.74, 6) is 0.786. The Morgan fingerprint density at radius 3 is 2.54 bits per heavy atom. The van der Waals surface area contributed by atoms with Gasteiger partial charge in [-0.25, -0.2) is 4.39 Å². The van der Waals surface area contributed by atoms with Gasteiger partial charge < -0.3 is 9.84 Å². The zero-order valence-electron chi connectivity index (χ0n) is 13.8. The van der Waals surface area contributed by atoms with Gasteiger partial charge in [-0.05, 0) is 67.8 Å². The fourth-order valence-corrected chi connectivity index (χ4v) is 3.27. The van der Waals surface area contributed by atoms with Gasteiger partial charge in [0.25, 0.3) is 0 Å². The van der Waals surface area contributed by atoms with Gasteiger partial charge in [0, 0.05) is 12.6 Å². The molecule has 1 atom stereocenters. The lowest BCUT2D eigenvalue weighted by Gasteiger charge is -2.35. The van der Waals surface area contributed by atoms with Crippen LogP contribution in [-0.4, -0.2) is 29.2 Å². The van der Waals surface area contributed by atoms with Crippen LogP contribution in [0.5, 0.6) is 11.5 Å². The zero-order valence-corrected chi connectivity index (χ0v) is 13.8. The summed E-state index contributed by atoms with van der Waals surface area (Å²) in [6, 6.07) is 14.1. The van der Waals surface area contributed by atoms with Crippen molar-refractivity contribution in [1.29, 1.82) is 0 Å². The number of aromatic hydroxyl groups is 1. The first-order chi connectivity index (χ1) is 11.7. The molecule has 4 heteroatoms. The van der Waals surface area contributed by atoms with Crippen LogP contribution in [-0.2, 0) is 6.54 Å². The van der Waals surface area contributed by atoms with E-state index in [1.54, 1.807) is 24.3 Å². The zero-order chi connectivity index (χ0) is 16.8. The molecule has 1 aliphatic heterocycles. The van der Waals surface area contributed by atoms with Crippen molar-refractivity contribution in [3.8, 4) is 11.5 Å². The van der Waals surface area contributed by atoms with Gasteiger partial charge in [-0.15, -0.1) is 0 Å². The van der Waals surface area contributed by atoms with E-state index in [1.165, 1.54) is 37.0 Å². The third-order valence-corrected chi connectivity index (χ3v) is 4.60. The lowest BCUT2D eigenvalue weighted by molar-refractivity contribution is 0.116. The number of phenols is 1. The van der Waals surface area contributed by atoms with Gasteiger partial charge in [-0.1, -0.05) is 18.6 Å². The van der Waals surface area contributed by atoms with Crippen LogP contribution < -0.4 is 4.74 Å². The lowest BCUT2D eigenvalue weighted by atomic mass is 9.99. The highest BCUT2D eigenvalue weighted by atomic mass is 19.1. The highest BCUT2D eigenvalue weighted by molar-refractivity contribution is 5.26. The smallest absolute Gasteiger partial charge is 0.123 e. The van der Waals surface area contributed by atoms with Gasteiger partial charge in [0.05, 0.1) is 6.61 Å². The molecular weight excluding hydrogens is 305 g/mol. The fourth-order valence-electron chi connectivity index (χ4n) is 3.27. The van der Waals surface area contributed by atoms with Crippen LogP contribution in [0.15, 0.2) is 48.5 Å². The maximum atomic E-state index is 12.9. The average molecular weight is 329 g/mol. The summed E-state index contributed by atoms with van der Waals surface area (Å²) in [5.41, 5.74) is 1.22. The Morgan fingerprint density at radius 1 is 1.04 bits per heavy atom.